The van der Waals surface area contributed by atoms with Gasteiger partial charge in [0.2, 0.25) is 10.0 Å². The molecule has 1 aromatic rings. The Morgan fingerprint density at radius 2 is 2.06 bits per heavy atom. The average molecular weight is 276 g/mol. The molecule has 1 aromatic heterocycles. The van der Waals surface area contributed by atoms with Gasteiger partial charge in [0.05, 0.1) is 12.3 Å². The van der Waals surface area contributed by atoms with Crippen LogP contribution in [0.2, 0.25) is 0 Å². The van der Waals surface area contributed by atoms with Crippen LogP contribution in [0.3, 0.4) is 0 Å². The number of anilines is 1. The van der Waals surface area contributed by atoms with E-state index in [0.29, 0.717) is 5.69 Å². The van der Waals surface area contributed by atoms with Crippen LogP contribution >= 0.6 is 0 Å². The van der Waals surface area contributed by atoms with Gasteiger partial charge in [0.15, 0.2) is 5.82 Å². The van der Waals surface area contributed by atoms with Gasteiger partial charge in [-0.05, 0) is 12.8 Å². The Bertz CT molecular complexity index is 521. The van der Waals surface area contributed by atoms with Gasteiger partial charge in [-0.3, -0.25) is 4.68 Å². The first-order valence-corrected chi connectivity index (χ1v) is 7.11. The molecule has 0 saturated heterocycles. The first-order chi connectivity index (χ1) is 8.20. The maximum Gasteiger partial charge on any atom is 0.246 e. The van der Waals surface area contributed by atoms with Crippen LogP contribution in [0.25, 0.3) is 0 Å². The van der Waals surface area contributed by atoms with E-state index in [1.807, 2.05) is 13.8 Å². The summed E-state index contributed by atoms with van der Waals surface area (Å²) in [6, 6.07) is -0.547. The zero-order valence-electron chi connectivity index (χ0n) is 11.0. The van der Waals surface area contributed by atoms with Crippen LogP contribution in [0.4, 0.5) is 5.82 Å². The van der Waals surface area contributed by atoms with E-state index in [0.717, 1.165) is 0 Å². The van der Waals surface area contributed by atoms with E-state index in [2.05, 4.69) is 9.82 Å². The van der Waals surface area contributed by atoms with E-state index in [1.54, 1.807) is 14.0 Å². The molecule has 7 nitrogen and oxygen atoms in total. The summed E-state index contributed by atoms with van der Waals surface area (Å²) in [5.74, 6) is -0.0640. The minimum Gasteiger partial charge on any atom is -0.395 e. The molecule has 0 bridgehead atoms. The standard InChI is InChI=1S/C10H20N4O3S/c1-6(2)8(5-15)13-18(16,17)9-7(3)14(4)12-10(9)11/h6,8,13,15H,5H2,1-4H3,(H2,11,12)/t8-/m1/s1. The van der Waals surface area contributed by atoms with Gasteiger partial charge in [-0.1, -0.05) is 13.8 Å². The second kappa shape index (κ2) is 5.25. The number of aromatic nitrogens is 2. The number of nitrogen functional groups attached to an aromatic ring is 1. The topological polar surface area (TPSA) is 110 Å². The highest BCUT2D eigenvalue weighted by Crippen LogP contribution is 2.21. The number of hydrogen-bond acceptors (Lipinski definition) is 5. The van der Waals surface area contributed by atoms with E-state index in [1.165, 1.54) is 4.68 Å². The molecule has 0 aliphatic carbocycles. The number of hydrogen-bond donors (Lipinski definition) is 3. The Hall–Kier alpha value is -1.12. The molecule has 0 amide bonds. The summed E-state index contributed by atoms with van der Waals surface area (Å²) in [4.78, 5) is -0.0240. The molecule has 8 heteroatoms. The van der Waals surface area contributed by atoms with Gasteiger partial charge in [0, 0.05) is 13.1 Å². The molecule has 1 atom stereocenters. The third-order valence-corrected chi connectivity index (χ3v) is 4.54. The van der Waals surface area contributed by atoms with Gasteiger partial charge in [0.1, 0.15) is 4.90 Å². The molecule has 0 aliphatic heterocycles. The molecule has 104 valence electrons. The lowest BCUT2D eigenvalue weighted by molar-refractivity contribution is 0.227. The van der Waals surface area contributed by atoms with Crippen LogP contribution in [0, 0.1) is 12.8 Å². The lowest BCUT2D eigenvalue weighted by atomic mass is 10.1. The summed E-state index contributed by atoms with van der Waals surface area (Å²) in [6.45, 7) is 5.00. The Balaban J connectivity index is 3.14. The van der Waals surface area contributed by atoms with Crippen molar-refractivity contribution in [3.05, 3.63) is 5.69 Å². The predicted octanol–water partition coefficient (Wildman–Crippen LogP) is -0.394. The van der Waals surface area contributed by atoms with Crippen LogP contribution in [-0.2, 0) is 17.1 Å². The van der Waals surface area contributed by atoms with Crippen molar-refractivity contribution in [1.82, 2.24) is 14.5 Å². The Morgan fingerprint density at radius 1 is 1.50 bits per heavy atom. The zero-order chi connectivity index (χ0) is 14.1. The monoisotopic (exact) mass is 276 g/mol. The molecule has 4 N–H and O–H groups in total. The lowest BCUT2D eigenvalue weighted by Gasteiger charge is -2.19. The van der Waals surface area contributed by atoms with Crippen LogP contribution < -0.4 is 10.5 Å². The first kappa shape index (κ1) is 14.9. The highest BCUT2D eigenvalue weighted by Gasteiger charge is 2.28. The van der Waals surface area contributed by atoms with Gasteiger partial charge in [0.25, 0.3) is 0 Å². The van der Waals surface area contributed by atoms with E-state index < -0.39 is 16.1 Å². The van der Waals surface area contributed by atoms with Crippen molar-refractivity contribution in [3.63, 3.8) is 0 Å². The number of aryl methyl sites for hydroxylation is 1. The SMILES string of the molecule is Cc1c(S(=O)(=O)N[C@H](CO)C(C)C)c(N)nn1C. The highest BCUT2D eigenvalue weighted by atomic mass is 32.2. The van der Waals surface area contributed by atoms with Crippen molar-refractivity contribution in [1.29, 1.82) is 0 Å². The Kier molecular flexibility index (Phi) is 4.36. The zero-order valence-corrected chi connectivity index (χ0v) is 11.8. The molecule has 0 radical (unpaired) electrons. The fourth-order valence-electron chi connectivity index (χ4n) is 1.59. The number of rotatable bonds is 5. The van der Waals surface area contributed by atoms with Crippen LogP contribution in [0.5, 0.6) is 0 Å². The van der Waals surface area contributed by atoms with Crippen molar-refractivity contribution in [2.45, 2.75) is 31.7 Å². The molecular formula is C10H20N4O3S. The number of nitrogens with zero attached hydrogens (tertiary/aromatic N) is 2. The maximum atomic E-state index is 12.2. The van der Waals surface area contributed by atoms with Crippen molar-refractivity contribution in [3.8, 4) is 0 Å². The largest absolute Gasteiger partial charge is 0.395 e. The summed E-state index contributed by atoms with van der Waals surface area (Å²) >= 11 is 0. The quantitative estimate of drug-likeness (QED) is 0.678. The predicted molar refractivity (Wildman–Crippen MR) is 68.4 cm³/mol. The maximum absolute atomic E-state index is 12.2. The molecule has 0 unspecified atom stereocenters. The van der Waals surface area contributed by atoms with Gasteiger partial charge < -0.3 is 10.8 Å². The molecule has 0 saturated carbocycles. The summed E-state index contributed by atoms with van der Waals surface area (Å²) in [7, 11) is -2.15. The molecule has 0 aliphatic rings. The summed E-state index contributed by atoms with van der Waals surface area (Å²) < 4.78 is 28.3. The van der Waals surface area contributed by atoms with E-state index >= 15 is 0 Å². The summed E-state index contributed by atoms with van der Waals surface area (Å²) in [6.07, 6.45) is 0. The van der Waals surface area contributed by atoms with E-state index in [-0.39, 0.29) is 23.2 Å². The minimum atomic E-state index is -3.78. The Labute approximate surface area is 107 Å². The van der Waals surface area contributed by atoms with Crippen molar-refractivity contribution < 1.29 is 13.5 Å². The molecule has 1 heterocycles. The number of sulfonamides is 1. The van der Waals surface area contributed by atoms with Crippen molar-refractivity contribution in [2.75, 3.05) is 12.3 Å². The van der Waals surface area contributed by atoms with Crippen LogP contribution in [0.1, 0.15) is 19.5 Å². The summed E-state index contributed by atoms with van der Waals surface area (Å²) in [5.41, 5.74) is 6.07. The molecule has 1 rings (SSSR count). The van der Waals surface area contributed by atoms with Crippen molar-refractivity contribution in [2.24, 2.45) is 13.0 Å². The molecule has 0 aromatic carbocycles. The lowest BCUT2D eigenvalue weighted by Crippen LogP contribution is -2.41. The number of aliphatic hydroxyl groups is 1. The first-order valence-electron chi connectivity index (χ1n) is 5.63. The van der Waals surface area contributed by atoms with E-state index in [4.69, 9.17) is 5.73 Å². The van der Waals surface area contributed by atoms with Crippen LogP contribution in [-0.4, -0.2) is 36.0 Å². The molecular weight excluding hydrogens is 256 g/mol. The normalized spacial score (nSPS) is 14.1. The Morgan fingerprint density at radius 3 is 2.39 bits per heavy atom. The number of aliphatic hydroxyl groups excluding tert-OH is 1. The second-order valence-corrected chi connectivity index (χ2v) is 6.23. The van der Waals surface area contributed by atoms with Crippen molar-refractivity contribution >= 4 is 15.8 Å². The van der Waals surface area contributed by atoms with Gasteiger partial charge >= 0.3 is 0 Å². The third-order valence-electron chi connectivity index (χ3n) is 2.88. The highest BCUT2D eigenvalue weighted by molar-refractivity contribution is 7.89. The van der Waals surface area contributed by atoms with Gasteiger partial charge in [-0.25, -0.2) is 13.1 Å². The van der Waals surface area contributed by atoms with Crippen LogP contribution in [0.15, 0.2) is 4.90 Å². The minimum absolute atomic E-state index is 0.0240. The van der Waals surface area contributed by atoms with E-state index in [9.17, 15) is 13.5 Å². The van der Waals surface area contributed by atoms with Gasteiger partial charge in [-0.15, -0.1) is 0 Å². The smallest absolute Gasteiger partial charge is 0.246 e. The molecule has 0 spiro atoms. The fourth-order valence-corrected chi connectivity index (χ4v) is 3.29. The molecule has 0 fully saturated rings. The van der Waals surface area contributed by atoms with Gasteiger partial charge in [-0.2, -0.15) is 5.10 Å². The number of nitrogens with one attached hydrogen (secondary N) is 1. The number of nitrogens with two attached hydrogens (primary N) is 1. The average Bonchev–Trinajstić information content (AvgIpc) is 2.49. The second-order valence-electron chi connectivity index (χ2n) is 4.58. The fraction of sp³-hybridized carbons (Fsp3) is 0.700. The summed E-state index contributed by atoms with van der Waals surface area (Å²) in [5, 5.41) is 13.0. The third kappa shape index (κ3) is 2.82. The molecule has 18 heavy (non-hydrogen) atoms.